The molecule has 0 fully saturated rings. The molecule has 48 heavy (non-hydrogen) atoms. The molecule has 0 aliphatic rings. The van der Waals surface area contributed by atoms with E-state index < -0.39 is 28.5 Å². The molecule has 10 heteroatoms. The predicted octanol–water partition coefficient (Wildman–Crippen LogP) is 5.93. The summed E-state index contributed by atoms with van der Waals surface area (Å²) in [4.78, 5) is 30.1. The van der Waals surface area contributed by atoms with Gasteiger partial charge in [-0.2, -0.15) is 0 Å². The number of ether oxygens (including phenoxy) is 2. The number of nitrogens with zero attached hydrogens (tertiary/aromatic N) is 2. The van der Waals surface area contributed by atoms with E-state index in [4.69, 9.17) is 9.47 Å². The highest BCUT2D eigenvalue weighted by atomic mass is 32.2. The fraction of sp³-hybridized carbons (Fsp3) is 0.316. The lowest BCUT2D eigenvalue weighted by atomic mass is 10.0. The average Bonchev–Trinajstić information content (AvgIpc) is 3.08. The summed E-state index contributed by atoms with van der Waals surface area (Å²) < 4.78 is 40.6. The molecule has 1 atom stereocenters. The molecular weight excluding hydrogens is 627 g/mol. The number of aryl methyl sites for hydroxylation is 2. The van der Waals surface area contributed by atoms with Crippen molar-refractivity contribution in [1.29, 1.82) is 0 Å². The first-order chi connectivity index (χ1) is 22.9. The molecule has 0 aliphatic heterocycles. The molecule has 1 N–H and O–H groups in total. The zero-order valence-corrected chi connectivity index (χ0v) is 29.3. The van der Waals surface area contributed by atoms with Gasteiger partial charge in [0.25, 0.3) is 10.0 Å². The third kappa shape index (κ3) is 8.95. The van der Waals surface area contributed by atoms with Crippen molar-refractivity contribution in [1.82, 2.24) is 10.2 Å². The SMILES string of the molecule is COc1ccc(S(=O)(=O)N(CC(=O)N(Cc2ccccc2C)C(Cc2ccccc2)C(=O)NCC(C)C)c2ccc(C)cc2)cc1OC. The summed E-state index contributed by atoms with van der Waals surface area (Å²) in [7, 11) is -1.42. The lowest BCUT2D eigenvalue weighted by Crippen LogP contribution is -2.53. The van der Waals surface area contributed by atoms with E-state index in [1.807, 2.05) is 82.3 Å². The van der Waals surface area contributed by atoms with Crippen LogP contribution in [0.5, 0.6) is 11.5 Å². The van der Waals surface area contributed by atoms with Crippen LogP contribution < -0.4 is 19.1 Å². The molecule has 0 spiro atoms. The van der Waals surface area contributed by atoms with Gasteiger partial charge in [-0.3, -0.25) is 13.9 Å². The van der Waals surface area contributed by atoms with E-state index in [-0.39, 0.29) is 35.4 Å². The molecule has 0 aliphatic carbocycles. The third-order valence-electron chi connectivity index (χ3n) is 8.10. The van der Waals surface area contributed by atoms with E-state index >= 15 is 0 Å². The molecule has 4 aromatic carbocycles. The molecule has 0 aromatic heterocycles. The summed E-state index contributed by atoms with van der Waals surface area (Å²) in [5, 5.41) is 3.02. The maximum absolute atomic E-state index is 14.7. The van der Waals surface area contributed by atoms with Gasteiger partial charge in [0.2, 0.25) is 11.8 Å². The lowest BCUT2D eigenvalue weighted by molar-refractivity contribution is -0.140. The second kappa shape index (κ2) is 16.3. The van der Waals surface area contributed by atoms with Crippen molar-refractivity contribution < 1.29 is 27.5 Å². The van der Waals surface area contributed by atoms with Crippen LogP contribution in [-0.2, 0) is 32.6 Å². The Balaban J connectivity index is 1.83. The van der Waals surface area contributed by atoms with Gasteiger partial charge in [-0.1, -0.05) is 86.1 Å². The van der Waals surface area contributed by atoms with Crippen LogP contribution in [0, 0.1) is 19.8 Å². The number of nitrogens with one attached hydrogen (secondary N) is 1. The number of methoxy groups -OCH3 is 2. The number of carbonyl (C=O) groups is 2. The first-order valence-corrected chi connectivity index (χ1v) is 17.4. The largest absolute Gasteiger partial charge is 0.493 e. The maximum atomic E-state index is 14.7. The van der Waals surface area contributed by atoms with Gasteiger partial charge in [0.05, 0.1) is 24.8 Å². The third-order valence-corrected chi connectivity index (χ3v) is 9.87. The second-order valence-electron chi connectivity index (χ2n) is 12.2. The molecule has 4 aromatic rings. The Morgan fingerprint density at radius 1 is 0.812 bits per heavy atom. The van der Waals surface area contributed by atoms with E-state index in [9.17, 15) is 18.0 Å². The Labute approximate surface area is 284 Å². The quantitative estimate of drug-likeness (QED) is 0.168. The average molecular weight is 672 g/mol. The van der Waals surface area contributed by atoms with Gasteiger partial charge in [0, 0.05) is 25.6 Å². The standard InChI is InChI=1S/C38H45N3O6S/c1-27(2)24-39-38(43)34(22-30-13-8-7-9-14-30)40(25-31-15-11-10-12-29(31)4)37(42)26-41(32-18-16-28(3)17-19-32)48(44,45)33-20-21-35(46-5)36(23-33)47-6/h7-21,23,27,34H,22,24-26H2,1-6H3,(H,39,43). The molecule has 2 amide bonds. The van der Waals surface area contributed by atoms with Gasteiger partial charge >= 0.3 is 0 Å². The minimum atomic E-state index is -4.31. The van der Waals surface area contributed by atoms with Gasteiger partial charge < -0.3 is 19.7 Å². The number of hydrogen-bond acceptors (Lipinski definition) is 6. The summed E-state index contributed by atoms with van der Waals surface area (Å²) in [6.07, 6.45) is 0.245. The molecule has 9 nitrogen and oxygen atoms in total. The van der Waals surface area contributed by atoms with E-state index in [1.165, 1.54) is 37.3 Å². The number of rotatable bonds is 15. The molecule has 1 unspecified atom stereocenters. The normalized spacial score (nSPS) is 11.9. The highest BCUT2D eigenvalue weighted by Crippen LogP contribution is 2.32. The molecule has 0 saturated carbocycles. The smallest absolute Gasteiger partial charge is 0.264 e. The Bertz CT molecular complexity index is 1790. The zero-order chi connectivity index (χ0) is 34.8. The lowest BCUT2D eigenvalue weighted by Gasteiger charge is -2.34. The van der Waals surface area contributed by atoms with E-state index in [1.54, 1.807) is 24.3 Å². The summed E-state index contributed by atoms with van der Waals surface area (Å²) in [5.74, 6) is -0.0344. The van der Waals surface area contributed by atoms with Crippen molar-refractivity contribution in [3.63, 3.8) is 0 Å². The van der Waals surface area contributed by atoms with Crippen LogP contribution >= 0.6 is 0 Å². The van der Waals surface area contributed by atoms with Gasteiger partial charge in [-0.25, -0.2) is 8.42 Å². The molecule has 0 heterocycles. The van der Waals surface area contributed by atoms with E-state index in [0.717, 1.165) is 26.6 Å². The van der Waals surface area contributed by atoms with Crippen molar-refractivity contribution in [3.05, 3.63) is 119 Å². The van der Waals surface area contributed by atoms with Crippen molar-refractivity contribution >= 4 is 27.5 Å². The Hall–Kier alpha value is -4.83. The number of anilines is 1. The van der Waals surface area contributed by atoms with Gasteiger partial charge in [-0.05, 0) is 60.7 Å². The minimum Gasteiger partial charge on any atom is -0.493 e. The molecule has 254 valence electrons. The Morgan fingerprint density at radius 3 is 2.08 bits per heavy atom. The van der Waals surface area contributed by atoms with Crippen LogP contribution in [0.25, 0.3) is 0 Å². The van der Waals surface area contributed by atoms with Crippen molar-refractivity contribution in [3.8, 4) is 11.5 Å². The Morgan fingerprint density at radius 2 is 1.46 bits per heavy atom. The molecular formula is C38H45N3O6S. The van der Waals surface area contributed by atoms with Crippen molar-refractivity contribution in [2.75, 3.05) is 31.6 Å². The van der Waals surface area contributed by atoms with Gasteiger partial charge in [0.15, 0.2) is 11.5 Å². The van der Waals surface area contributed by atoms with Crippen LogP contribution in [0.15, 0.2) is 102 Å². The fourth-order valence-electron chi connectivity index (χ4n) is 5.29. The molecule has 4 rings (SSSR count). The number of hydrogen-bond donors (Lipinski definition) is 1. The van der Waals surface area contributed by atoms with E-state index in [0.29, 0.717) is 18.0 Å². The summed E-state index contributed by atoms with van der Waals surface area (Å²) >= 11 is 0. The summed E-state index contributed by atoms with van der Waals surface area (Å²) in [6, 6.07) is 27.5. The molecule has 0 radical (unpaired) electrons. The first kappa shape index (κ1) is 36.0. The topological polar surface area (TPSA) is 105 Å². The second-order valence-corrected chi connectivity index (χ2v) is 14.0. The number of carbonyl (C=O) groups excluding carboxylic acids is 2. The highest BCUT2D eigenvalue weighted by molar-refractivity contribution is 7.92. The monoisotopic (exact) mass is 671 g/mol. The first-order valence-electron chi connectivity index (χ1n) is 15.9. The van der Waals surface area contributed by atoms with E-state index in [2.05, 4.69) is 5.32 Å². The summed E-state index contributed by atoms with van der Waals surface area (Å²) in [6.45, 7) is 7.84. The maximum Gasteiger partial charge on any atom is 0.264 e. The number of benzene rings is 4. The number of amides is 2. The van der Waals surface area contributed by atoms with Gasteiger partial charge in [0.1, 0.15) is 12.6 Å². The highest BCUT2D eigenvalue weighted by Gasteiger charge is 2.35. The van der Waals surface area contributed by atoms with Crippen LogP contribution in [-0.4, -0.2) is 58.5 Å². The van der Waals surface area contributed by atoms with Crippen molar-refractivity contribution in [2.24, 2.45) is 5.92 Å². The number of sulfonamides is 1. The van der Waals surface area contributed by atoms with Crippen LogP contribution in [0.4, 0.5) is 5.69 Å². The minimum absolute atomic E-state index is 0.0745. The van der Waals surface area contributed by atoms with Crippen LogP contribution in [0.1, 0.15) is 36.1 Å². The fourth-order valence-corrected chi connectivity index (χ4v) is 6.72. The molecule has 0 bridgehead atoms. The van der Waals surface area contributed by atoms with Crippen LogP contribution in [0.3, 0.4) is 0 Å². The zero-order valence-electron chi connectivity index (χ0n) is 28.5. The van der Waals surface area contributed by atoms with Crippen LogP contribution in [0.2, 0.25) is 0 Å². The Kier molecular flexibility index (Phi) is 12.2. The molecule has 0 saturated heterocycles. The summed E-state index contributed by atoms with van der Waals surface area (Å²) in [5.41, 5.74) is 3.91. The van der Waals surface area contributed by atoms with Crippen molar-refractivity contribution in [2.45, 2.75) is 51.6 Å². The van der Waals surface area contributed by atoms with Gasteiger partial charge in [-0.15, -0.1) is 0 Å². The predicted molar refractivity (Wildman–Crippen MR) is 189 cm³/mol.